The van der Waals surface area contributed by atoms with Crippen molar-refractivity contribution in [3.05, 3.63) is 130 Å². The Kier molecular flexibility index (Phi) is 13.1. The molecule has 1 aromatic carbocycles. The normalized spacial score (nSPS) is 25.0. The van der Waals surface area contributed by atoms with Gasteiger partial charge in [0, 0.05) is 39.3 Å². The van der Waals surface area contributed by atoms with Gasteiger partial charge in [0.25, 0.3) is 0 Å². The van der Waals surface area contributed by atoms with Crippen molar-refractivity contribution in [2.24, 2.45) is 22.7 Å². The molecule has 1 radical (unpaired) electrons. The highest BCUT2D eigenvalue weighted by Crippen LogP contribution is 2.48. The molecule has 3 aliphatic carbocycles. The molecule has 0 spiro atoms. The van der Waals surface area contributed by atoms with Gasteiger partial charge in [0.1, 0.15) is 0 Å². The van der Waals surface area contributed by atoms with Crippen LogP contribution in [0.15, 0.2) is 119 Å². The molecule has 303 valence electrons. The Morgan fingerprint density at radius 2 is 1.72 bits per heavy atom. The van der Waals surface area contributed by atoms with E-state index in [1.807, 2.05) is 11.3 Å². The first-order valence-corrected chi connectivity index (χ1v) is 23.0. The molecule has 0 amide bonds. The zero-order valence-corrected chi connectivity index (χ0v) is 38.7. The fraction of sp³-hybridized carbons (Fsp3) is 0.509. The van der Waals surface area contributed by atoms with Crippen LogP contribution in [0.2, 0.25) is 0 Å². The molecule has 4 unspecified atom stereocenters. The molecular weight excluding hydrogens is 707 g/mol. The first kappa shape index (κ1) is 43.1. The molecule has 2 nitrogen and oxygen atoms in total. The Bertz CT molecular complexity index is 2100. The number of hydrogen-bond acceptors (Lipinski definition) is 3. The van der Waals surface area contributed by atoms with E-state index in [1.165, 1.54) is 72.7 Å². The van der Waals surface area contributed by atoms with Crippen molar-refractivity contribution in [2.45, 2.75) is 146 Å². The van der Waals surface area contributed by atoms with Crippen molar-refractivity contribution in [3.63, 3.8) is 0 Å². The van der Waals surface area contributed by atoms with Crippen molar-refractivity contribution in [2.75, 3.05) is 11.4 Å². The Labute approximate surface area is 352 Å². The van der Waals surface area contributed by atoms with E-state index in [1.54, 1.807) is 11.1 Å². The molecule has 0 saturated heterocycles. The summed E-state index contributed by atoms with van der Waals surface area (Å²) in [5.74, 6) is 2.15. The number of allylic oxidation sites excluding steroid dienone is 11. The Morgan fingerprint density at radius 1 is 1.02 bits per heavy atom. The van der Waals surface area contributed by atoms with Crippen molar-refractivity contribution in [1.82, 2.24) is 4.90 Å². The van der Waals surface area contributed by atoms with Crippen molar-refractivity contribution >= 4 is 39.2 Å². The molecule has 1 aromatic heterocycles. The number of rotatable bonds is 10. The fourth-order valence-corrected chi connectivity index (χ4v) is 10.6. The van der Waals surface area contributed by atoms with E-state index in [2.05, 4.69) is 187 Å². The maximum atomic E-state index is 4.28. The number of benzene rings is 1. The maximum absolute atomic E-state index is 4.28. The number of thiophene rings is 1. The van der Waals surface area contributed by atoms with E-state index in [0.717, 1.165) is 32.2 Å². The van der Waals surface area contributed by atoms with Crippen LogP contribution >= 0.6 is 11.3 Å². The summed E-state index contributed by atoms with van der Waals surface area (Å²) < 4.78 is 2.76. The van der Waals surface area contributed by atoms with Crippen LogP contribution in [0.25, 0.3) is 10.1 Å². The highest BCUT2D eigenvalue weighted by molar-refractivity contribution is 7.29. The number of hydrogen-bond donors (Lipinski definition) is 0. The third-order valence-corrected chi connectivity index (χ3v) is 14.7. The Morgan fingerprint density at radius 3 is 2.33 bits per heavy atom. The quantitative estimate of drug-likeness (QED) is 0.135. The predicted molar refractivity (Wildman–Crippen MR) is 255 cm³/mol. The second-order valence-electron chi connectivity index (χ2n) is 19.5. The summed E-state index contributed by atoms with van der Waals surface area (Å²) in [7, 11) is 2.58. The number of fused-ring (bicyclic) bond motifs is 5. The van der Waals surface area contributed by atoms with Crippen LogP contribution in [-0.4, -0.2) is 24.8 Å². The fourth-order valence-electron chi connectivity index (χ4n) is 9.46. The van der Waals surface area contributed by atoms with E-state index in [-0.39, 0.29) is 16.9 Å². The first-order valence-electron chi connectivity index (χ1n) is 22.2. The lowest BCUT2D eigenvalue weighted by Gasteiger charge is -2.42. The summed E-state index contributed by atoms with van der Waals surface area (Å²) in [6.45, 7) is 35.8. The predicted octanol–water partition coefficient (Wildman–Crippen LogP) is 14.8. The van der Waals surface area contributed by atoms with E-state index in [9.17, 15) is 0 Å². The summed E-state index contributed by atoms with van der Waals surface area (Å²) in [6, 6.07) is 5.36. The average molecular weight is 780 g/mol. The molecule has 2 heterocycles. The van der Waals surface area contributed by atoms with E-state index in [0.29, 0.717) is 23.7 Å². The minimum Gasteiger partial charge on any atom is -0.342 e. The monoisotopic (exact) mass is 780 g/mol. The summed E-state index contributed by atoms with van der Waals surface area (Å²) in [5.41, 5.74) is 14.1. The molecule has 4 atom stereocenters. The zero-order chi connectivity index (χ0) is 41.4. The maximum Gasteiger partial charge on any atom is 0.210 e. The van der Waals surface area contributed by atoms with Crippen LogP contribution in [0.4, 0.5) is 5.69 Å². The molecule has 0 fully saturated rings. The van der Waals surface area contributed by atoms with Gasteiger partial charge in [-0.2, -0.15) is 0 Å². The molecule has 4 heteroatoms. The minimum absolute atomic E-state index is 0.0886. The third kappa shape index (κ3) is 8.78. The zero-order valence-electron chi connectivity index (χ0n) is 37.9. The molecule has 2 aromatic rings. The van der Waals surface area contributed by atoms with Gasteiger partial charge in [-0.1, -0.05) is 129 Å². The van der Waals surface area contributed by atoms with Crippen LogP contribution in [0.5, 0.6) is 0 Å². The highest BCUT2D eigenvalue weighted by Gasteiger charge is 2.36. The molecule has 6 rings (SSSR count). The van der Waals surface area contributed by atoms with Gasteiger partial charge in [0.05, 0.1) is 11.7 Å². The highest BCUT2D eigenvalue weighted by atomic mass is 32.1. The first-order chi connectivity index (χ1) is 27.0. The third-order valence-electron chi connectivity index (χ3n) is 13.6. The van der Waals surface area contributed by atoms with Gasteiger partial charge in [-0.25, -0.2) is 0 Å². The molecular formula is C53H72BN2S. The summed E-state index contributed by atoms with van der Waals surface area (Å²) >= 11 is 2.01. The molecule has 4 aliphatic rings. The van der Waals surface area contributed by atoms with E-state index < -0.39 is 0 Å². The van der Waals surface area contributed by atoms with E-state index >= 15 is 0 Å². The topological polar surface area (TPSA) is 6.48 Å². The van der Waals surface area contributed by atoms with Gasteiger partial charge < -0.3 is 9.80 Å². The molecule has 57 heavy (non-hydrogen) atoms. The van der Waals surface area contributed by atoms with Gasteiger partial charge >= 0.3 is 0 Å². The molecule has 0 N–H and O–H groups in total. The average Bonchev–Trinajstić information content (AvgIpc) is 3.51. The molecule has 1 aliphatic heterocycles. The Balaban J connectivity index is 1.73. The van der Waals surface area contributed by atoms with Crippen molar-refractivity contribution < 1.29 is 0 Å². The second kappa shape index (κ2) is 17.4. The van der Waals surface area contributed by atoms with Crippen LogP contribution in [0, 0.1) is 22.7 Å². The molecule has 0 saturated carbocycles. The van der Waals surface area contributed by atoms with Crippen LogP contribution in [0.1, 0.15) is 151 Å². The number of nitrogens with zero attached hydrogens (tertiary/aromatic N) is 2. The SMILES string of the molecule is C=CCN1C2=CC(CC=C2)N(C2=CCC(C(C)(C)C)C=C2C(/C=C\C)=C/C)c2c(sc3cc4c(cc23)C(C)CCC4C)[B]C(/C=C(\CC(C)C)C(C)(C)CC)=C\1C. The van der Waals surface area contributed by atoms with Gasteiger partial charge in [-0.15, -0.1) is 17.9 Å². The van der Waals surface area contributed by atoms with Crippen LogP contribution in [-0.2, 0) is 0 Å². The second-order valence-corrected chi connectivity index (χ2v) is 20.6. The van der Waals surface area contributed by atoms with Crippen LogP contribution < -0.4 is 9.68 Å². The van der Waals surface area contributed by atoms with Gasteiger partial charge in [0.2, 0.25) is 7.28 Å². The van der Waals surface area contributed by atoms with E-state index in [4.69, 9.17) is 0 Å². The standard InChI is InChI=1S/C53H72BN2S/c1-15-20-38(17-3)45-29-39(52(10,11)12)25-26-48(45)56-42-22-19-21-41(31-42)55(27-16-2)37(9)47(30-40(28-34(5)6)53(13,14)18-4)54-51-50(56)46-32-43-35(7)23-24-36(8)44(43)33-49(46)57-51/h15-17,19-21,26,29-36,39,42H,2,18,22-25,27-28H2,1,3-14H3/b20-15-,38-17+,40-30+,47-37-. The number of anilines is 1. The largest absolute Gasteiger partial charge is 0.342 e. The van der Waals surface area contributed by atoms with Gasteiger partial charge in [-0.05, 0) is 140 Å². The lowest BCUT2D eigenvalue weighted by Crippen LogP contribution is -2.41. The lowest BCUT2D eigenvalue weighted by molar-refractivity contribution is 0.291. The van der Waals surface area contributed by atoms with Gasteiger partial charge in [0.15, 0.2) is 0 Å². The summed E-state index contributed by atoms with van der Waals surface area (Å²) in [4.78, 5) is 5.30. The summed E-state index contributed by atoms with van der Waals surface area (Å²) in [6.07, 6.45) is 30.7. The minimum atomic E-state index is 0.0886. The van der Waals surface area contributed by atoms with Crippen LogP contribution in [0.3, 0.4) is 0 Å². The van der Waals surface area contributed by atoms with Crippen molar-refractivity contribution in [1.29, 1.82) is 0 Å². The lowest BCUT2D eigenvalue weighted by atomic mass is 9.63. The molecule has 2 bridgehead atoms. The smallest absolute Gasteiger partial charge is 0.210 e. The van der Waals surface area contributed by atoms with Crippen molar-refractivity contribution in [3.8, 4) is 0 Å². The summed E-state index contributed by atoms with van der Waals surface area (Å²) in [5, 5.41) is 1.41. The Hall–Kier alpha value is -3.50. The van der Waals surface area contributed by atoms with Gasteiger partial charge in [-0.3, -0.25) is 0 Å².